The molecule has 0 aliphatic carbocycles. The van der Waals surface area contributed by atoms with Crippen molar-refractivity contribution in [3.8, 4) is 11.8 Å². The van der Waals surface area contributed by atoms with Gasteiger partial charge in [-0.3, -0.25) is 0 Å². The third-order valence-electron chi connectivity index (χ3n) is 0.568. The molecule has 0 unspecified atom stereocenters. The van der Waals surface area contributed by atoms with Crippen molar-refractivity contribution >= 4 is 0 Å². The van der Waals surface area contributed by atoms with Crippen LogP contribution >= 0.6 is 0 Å². The van der Waals surface area contributed by atoms with Crippen molar-refractivity contribution in [1.82, 2.24) is 0 Å². The van der Waals surface area contributed by atoms with E-state index in [1.54, 1.807) is 0 Å². The van der Waals surface area contributed by atoms with Gasteiger partial charge in [0.2, 0.25) is 0 Å². The summed E-state index contributed by atoms with van der Waals surface area (Å²) in [6, 6.07) is 0. The lowest BCUT2D eigenvalue weighted by Gasteiger charge is -1.83. The van der Waals surface area contributed by atoms with Crippen LogP contribution < -0.4 is 0 Å². The highest BCUT2D eigenvalue weighted by Crippen LogP contribution is 1.85. The minimum absolute atomic E-state index is 0.542. The highest BCUT2D eigenvalue weighted by atomic mass is 13.8. The van der Waals surface area contributed by atoms with E-state index in [0.717, 1.165) is 6.42 Å². The zero-order chi connectivity index (χ0) is 5.70. The second kappa shape index (κ2) is 3.74. The zero-order valence-electron chi connectivity index (χ0n) is 5.28. The van der Waals surface area contributed by atoms with E-state index in [0.29, 0.717) is 5.92 Å². The van der Waals surface area contributed by atoms with Gasteiger partial charge in [-0.1, -0.05) is 20.8 Å². The molecule has 0 atom stereocenters. The summed E-state index contributed by atoms with van der Waals surface area (Å²) in [7, 11) is 0. The first-order chi connectivity index (χ1) is 3.27. The minimum Gasteiger partial charge on any atom is -0.103 e. The van der Waals surface area contributed by atoms with E-state index >= 15 is 0 Å². The van der Waals surface area contributed by atoms with Crippen LogP contribution in [-0.2, 0) is 0 Å². The standard InChI is InChI=1S/C7H12/c1-4-5-6-7(2)3/h7H,4H2,1-3H3. The summed E-state index contributed by atoms with van der Waals surface area (Å²) in [4.78, 5) is 0. The van der Waals surface area contributed by atoms with Gasteiger partial charge in [-0.05, 0) is 0 Å². The fraction of sp³-hybridized carbons (Fsp3) is 0.714. The fourth-order valence-electron chi connectivity index (χ4n) is 0.306. The van der Waals surface area contributed by atoms with E-state index in [1.807, 2.05) is 0 Å². The minimum atomic E-state index is 0.542. The molecule has 0 heterocycles. The Morgan fingerprint density at radius 3 is 2.14 bits per heavy atom. The van der Waals surface area contributed by atoms with Crippen LogP contribution in [0.3, 0.4) is 0 Å². The first-order valence-corrected chi connectivity index (χ1v) is 2.75. The van der Waals surface area contributed by atoms with E-state index in [2.05, 4.69) is 32.6 Å². The predicted molar refractivity (Wildman–Crippen MR) is 32.9 cm³/mol. The molecular formula is C7H12. The van der Waals surface area contributed by atoms with Gasteiger partial charge < -0.3 is 0 Å². The molecule has 0 radical (unpaired) electrons. The van der Waals surface area contributed by atoms with Crippen LogP contribution in [-0.4, -0.2) is 0 Å². The third kappa shape index (κ3) is 5.56. The van der Waals surface area contributed by atoms with Gasteiger partial charge in [0, 0.05) is 12.3 Å². The maximum Gasteiger partial charge on any atom is 0.0146 e. The molecule has 0 aliphatic rings. The van der Waals surface area contributed by atoms with Crippen LogP contribution in [0.2, 0.25) is 0 Å². The lowest BCUT2D eigenvalue weighted by atomic mass is 10.2. The molecule has 0 spiro atoms. The van der Waals surface area contributed by atoms with Gasteiger partial charge in [0.15, 0.2) is 0 Å². The molecule has 0 aromatic rings. The molecule has 0 amide bonds. The van der Waals surface area contributed by atoms with Crippen LogP contribution in [0.15, 0.2) is 0 Å². The second-order valence-electron chi connectivity index (χ2n) is 1.83. The van der Waals surface area contributed by atoms with Gasteiger partial charge in [-0.15, -0.1) is 11.8 Å². The maximum atomic E-state index is 3.05. The molecule has 0 N–H and O–H groups in total. The molecule has 0 saturated carbocycles. The molecule has 0 aromatic carbocycles. The van der Waals surface area contributed by atoms with Gasteiger partial charge in [0.1, 0.15) is 0 Å². The van der Waals surface area contributed by atoms with Crippen LogP contribution in [0, 0.1) is 17.8 Å². The van der Waals surface area contributed by atoms with Gasteiger partial charge in [-0.25, -0.2) is 0 Å². The Labute approximate surface area is 45.9 Å². The Morgan fingerprint density at radius 2 is 2.00 bits per heavy atom. The normalized spacial score (nSPS) is 8.00. The van der Waals surface area contributed by atoms with Crippen LogP contribution in [0.25, 0.3) is 0 Å². The van der Waals surface area contributed by atoms with Crippen LogP contribution in [0.4, 0.5) is 0 Å². The van der Waals surface area contributed by atoms with Gasteiger partial charge >= 0.3 is 0 Å². The Hall–Kier alpha value is -0.440. The highest BCUT2D eigenvalue weighted by Gasteiger charge is 1.77. The van der Waals surface area contributed by atoms with E-state index in [4.69, 9.17) is 0 Å². The summed E-state index contributed by atoms with van der Waals surface area (Å²) in [5.74, 6) is 6.58. The van der Waals surface area contributed by atoms with Crippen LogP contribution in [0.1, 0.15) is 27.2 Å². The molecule has 7 heavy (non-hydrogen) atoms. The molecule has 0 rings (SSSR count). The molecule has 0 aliphatic heterocycles. The van der Waals surface area contributed by atoms with Crippen molar-refractivity contribution in [2.75, 3.05) is 0 Å². The lowest BCUT2D eigenvalue weighted by Crippen LogP contribution is -1.75. The summed E-state index contributed by atoms with van der Waals surface area (Å²) >= 11 is 0. The average Bonchev–Trinajstić information content (AvgIpc) is 1.61. The SMILES string of the molecule is CCC#CC(C)C. The topological polar surface area (TPSA) is 0 Å². The smallest absolute Gasteiger partial charge is 0.0146 e. The van der Waals surface area contributed by atoms with E-state index in [1.165, 1.54) is 0 Å². The number of hydrogen-bond donors (Lipinski definition) is 0. The third-order valence-corrected chi connectivity index (χ3v) is 0.568. The number of rotatable bonds is 0. The Balaban J connectivity index is 3.24. The van der Waals surface area contributed by atoms with E-state index in [9.17, 15) is 0 Å². The highest BCUT2D eigenvalue weighted by molar-refractivity contribution is 4.99. The van der Waals surface area contributed by atoms with Gasteiger partial charge in [-0.2, -0.15) is 0 Å². The molecule has 40 valence electrons. The Kier molecular flexibility index (Phi) is 3.50. The monoisotopic (exact) mass is 96.1 g/mol. The molecule has 0 aromatic heterocycles. The summed E-state index contributed by atoms with van der Waals surface area (Å²) in [5, 5.41) is 0. The van der Waals surface area contributed by atoms with Gasteiger partial charge in [0.05, 0.1) is 0 Å². The second-order valence-corrected chi connectivity index (χ2v) is 1.83. The Morgan fingerprint density at radius 1 is 1.43 bits per heavy atom. The van der Waals surface area contributed by atoms with Crippen LogP contribution in [0.5, 0.6) is 0 Å². The molecule has 0 bridgehead atoms. The predicted octanol–water partition coefficient (Wildman–Crippen LogP) is 2.06. The first kappa shape index (κ1) is 6.56. The first-order valence-electron chi connectivity index (χ1n) is 2.75. The van der Waals surface area contributed by atoms with E-state index < -0.39 is 0 Å². The average molecular weight is 96.2 g/mol. The molecule has 0 heteroatoms. The number of hydrogen-bond acceptors (Lipinski definition) is 0. The molecular weight excluding hydrogens is 84.1 g/mol. The largest absolute Gasteiger partial charge is 0.103 e. The molecule has 0 saturated heterocycles. The van der Waals surface area contributed by atoms with Gasteiger partial charge in [0.25, 0.3) is 0 Å². The van der Waals surface area contributed by atoms with Crippen molar-refractivity contribution in [2.24, 2.45) is 5.92 Å². The fourth-order valence-corrected chi connectivity index (χ4v) is 0.306. The van der Waals surface area contributed by atoms with Crippen molar-refractivity contribution in [3.05, 3.63) is 0 Å². The van der Waals surface area contributed by atoms with E-state index in [-0.39, 0.29) is 0 Å². The zero-order valence-corrected chi connectivity index (χ0v) is 5.28. The lowest BCUT2D eigenvalue weighted by molar-refractivity contribution is 0.864. The van der Waals surface area contributed by atoms with Crippen molar-refractivity contribution in [1.29, 1.82) is 0 Å². The summed E-state index contributed by atoms with van der Waals surface area (Å²) in [6.07, 6.45) is 0.984. The quantitative estimate of drug-likeness (QED) is 0.405. The summed E-state index contributed by atoms with van der Waals surface area (Å²) in [6.45, 7) is 6.26. The van der Waals surface area contributed by atoms with Crippen molar-refractivity contribution in [2.45, 2.75) is 27.2 Å². The summed E-state index contributed by atoms with van der Waals surface area (Å²) in [5.41, 5.74) is 0. The molecule has 0 fully saturated rings. The van der Waals surface area contributed by atoms with Crippen molar-refractivity contribution < 1.29 is 0 Å². The Bertz CT molecular complexity index is 79.9. The van der Waals surface area contributed by atoms with Crippen molar-refractivity contribution in [3.63, 3.8) is 0 Å². The maximum absolute atomic E-state index is 3.05. The summed E-state index contributed by atoms with van der Waals surface area (Å²) < 4.78 is 0. The molecule has 0 nitrogen and oxygen atoms in total.